The van der Waals surface area contributed by atoms with Crippen LogP contribution in [0.4, 0.5) is 8.78 Å². The predicted octanol–water partition coefficient (Wildman–Crippen LogP) is 2.63. The first-order valence-corrected chi connectivity index (χ1v) is 6.06. The first kappa shape index (κ1) is 12.2. The van der Waals surface area contributed by atoms with Crippen molar-refractivity contribution in [3.8, 4) is 0 Å². The quantitative estimate of drug-likeness (QED) is 0.784. The molecule has 0 bridgehead atoms. The third kappa shape index (κ3) is 1.66. The van der Waals surface area contributed by atoms with Gasteiger partial charge >= 0.3 is 0 Å². The molecule has 2 aromatic heterocycles. The largest absolute Gasteiger partial charge is 0.303 e. The lowest BCUT2D eigenvalue weighted by Gasteiger charge is -2.18. The lowest BCUT2D eigenvalue weighted by Crippen LogP contribution is -2.14. The highest BCUT2D eigenvalue weighted by atomic mass is 19.3. The summed E-state index contributed by atoms with van der Waals surface area (Å²) in [7, 11) is 0. The molecule has 1 aliphatic carbocycles. The van der Waals surface area contributed by atoms with Gasteiger partial charge in [0.15, 0.2) is 5.65 Å². The number of nitrogens with zero attached hydrogens (tertiary/aromatic N) is 3. The summed E-state index contributed by atoms with van der Waals surface area (Å²) in [6.07, 6.45) is 1.76. The summed E-state index contributed by atoms with van der Waals surface area (Å²) in [5, 5.41) is 4.08. The number of rotatable bonds is 2. The third-order valence-electron chi connectivity index (χ3n) is 3.73. The molecule has 6 heteroatoms. The van der Waals surface area contributed by atoms with Gasteiger partial charge in [-0.2, -0.15) is 5.10 Å². The SMILES string of the molecule is CC1(C)C[C@H](C=O)c2cnn3cc(C(F)F)nc3c21. The van der Waals surface area contributed by atoms with Gasteiger partial charge in [0.2, 0.25) is 0 Å². The first-order valence-electron chi connectivity index (χ1n) is 6.06. The Labute approximate surface area is 108 Å². The van der Waals surface area contributed by atoms with Crippen LogP contribution in [0.15, 0.2) is 12.4 Å². The summed E-state index contributed by atoms with van der Waals surface area (Å²) >= 11 is 0. The maximum atomic E-state index is 12.7. The Morgan fingerprint density at radius 3 is 2.89 bits per heavy atom. The molecule has 2 heterocycles. The van der Waals surface area contributed by atoms with Crippen LogP contribution in [0.2, 0.25) is 0 Å². The molecule has 0 fully saturated rings. The van der Waals surface area contributed by atoms with Gasteiger partial charge in [-0.15, -0.1) is 0 Å². The van der Waals surface area contributed by atoms with Crippen LogP contribution in [0.25, 0.3) is 5.65 Å². The Bertz CT molecular complexity index is 663. The van der Waals surface area contributed by atoms with Crippen LogP contribution in [0.5, 0.6) is 0 Å². The Hall–Kier alpha value is -1.85. The second-order valence-electron chi connectivity index (χ2n) is 5.54. The van der Waals surface area contributed by atoms with Gasteiger partial charge in [0.25, 0.3) is 6.43 Å². The summed E-state index contributed by atoms with van der Waals surface area (Å²) in [5.74, 6) is -0.228. The molecule has 0 aliphatic heterocycles. The van der Waals surface area contributed by atoms with Gasteiger partial charge in [-0.05, 0) is 17.4 Å². The summed E-state index contributed by atoms with van der Waals surface area (Å²) in [6, 6.07) is 0. The average Bonchev–Trinajstić information content (AvgIpc) is 2.87. The molecule has 0 spiro atoms. The Morgan fingerprint density at radius 2 is 2.26 bits per heavy atom. The number of carbonyl (C=O) groups excluding carboxylic acids is 1. The van der Waals surface area contributed by atoms with Crippen molar-refractivity contribution in [2.24, 2.45) is 0 Å². The standard InChI is InChI=1S/C13H13F2N3O/c1-13(2)3-7(6-19)8-4-16-18-5-9(11(14)15)17-12(18)10(8)13/h4-7,11H,3H2,1-2H3/t7-/m1/s1. The highest BCUT2D eigenvalue weighted by molar-refractivity contribution is 5.71. The molecule has 3 rings (SSSR count). The van der Waals surface area contributed by atoms with Gasteiger partial charge < -0.3 is 4.79 Å². The molecule has 1 aliphatic rings. The van der Waals surface area contributed by atoms with Crippen LogP contribution in [-0.4, -0.2) is 20.9 Å². The third-order valence-corrected chi connectivity index (χ3v) is 3.73. The lowest BCUT2D eigenvalue weighted by molar-refractivity contribution is -0.109. The van der Waals surface area contributed by atoms with Crippen LogP contribution in [-0.2, 0) is 10.2 Å². The molecule has 4 nitrogen and oxygen atoms in total. The number of halogens is 2. The normalized spacial score (nSPS) is 21.0. The zero-order chi connectivity index (χ0) is 13.8. The van der Waals surface area contributed by atoms with Crippen molar-refractivity contribution in [3.63, 3.8) is 0 Å². The number of hydrogen-bond donors (Lipinski definition) is 0. The number of hydrogen-bond acceptors (Lipinski definition) is 3. The van der Waals surface area contributed by atoms with Gasteiger partial charge in [0.05, 0.1) is 12.4 Å². The van der Waals surface area contributed by atoms with Gasteiger partial charge in [-0.25, -0.2) is 18.3 Å². The van der Waals surface area contributed by atoms with Crippen molar-refractivity contribution in [2.45, 2.75) is 38.0 Å². The van der Waals surface area contributed by atoms with E-state index in [0.29, 0.717) is 12.1 Å². The predicted molar refractivity (Wildman–Crippen MR) is 64.4 cm³/mol. The molecule has 0 radical (unpaired) electrons. The molecule has 19 heavy (non-hydrogen) atoms. The van der Waals surface area contributed by atoms with E-state index in [9.17, 15) is 13.6 Å². The molecule has 0 aromatic carbocycles. The molecule has 0 saturated carbocycles. The maximum absolute atomic E-state index is 12.7. The van der Waals surface area contributed by atoms with E-state index in [1.807, 2.05) is 13.8 Å². The number of aromatic nitrogens is 3. The minimum Gasteiger partial charge on any atom is -0.303 e. The smallest absolute Gasteiger partial charge is 0.281 e. The zero-order valence-corrected chi connectivity index (χ0v) is 10.6. The van der Waals surface area contributed by atoms with Gasteiger partial charge in [0, 0.05) is 11.5 Å². The summed E-state index contributed by atoms with van der Waals surface area (Å²) in [6.45, 7) is 3.98. The maximum Gasteiger partial charge on any atom is 0.281 e. The van der Waals surface area contributed by atoms with Crippen molar-refractivity contribution in [1.82, 2.24) is 14.6 Å². The lowest BCUT2D eigenvalue weighted by atomic mass is 9.86. The van der Waals surface area contributed by atoms with Gasteiger partial charge in [-0.3, -0.25) is 0 Å². The molecule has 0 N–H and O–H groups in total. The monoisotopic (exact) mass is 265 g/mol. The van der Waals surface area contributed by atoms with Gasteiger partial charge in [-0.1, -0.05) is 13.8 Å². The number of carbonyl (C=O) groups is 1. The highest BCUT2D eigenvalue weighted by Gasteiger charge is 2.39. The van der Waals surface area contributed by atoms with Crippen molar-refractivity contribution >= 4 is 11.9 Å². The molecular formula is C13H13F2N3O. The molecule has 2 aromatic rings. The van der Waals surface area contributed by atoms with Crippen molar-refractivity contribution in [1.29, 1.82) is 0 Å². The van der Waals surface area contributed by atoms with Crippen molar-refractivity contribution in [3.05, 3.63) is 29.2 Å². The average molecular weight is 265 g/mol. The van der Waals surface area contributed by atoms with E-state index in [1.54, 1.807) is 6.20 Å². The van der Waals surface area contributed by atoms with E-state index in [-0.39, 0.29) is 17.0 Å². The van der Waals surface area contributed by atoms with Crippen LogP contribution < -0.4 is 0 Å². The van der Waals surface area contributed by atoms with Crippen LogP contribution >= 0.6 is 0 Å². The number of fused-ring (bicyclic) bond motifs is 3. The van der Waals surface area contributed by atoms with E-state index in [2.05, 4.69) is 10.1 Å². The van der Waals surface area contributed by atoms with Crippen molar-refractivity contribution in [2.75, 3.05) is 0 Å². The van der Waals surface area contributed by atoms with E-state index in [0.717, 1.165) is 17.4 Å². The fraction of sp³-hybridized carbons (Fsp3) is 0.462. The van der Waals surface area contributed by atoms with Crippen LogP contribution in [0.1, 0.15) is 49.4 Å². The van der Waals surface area contributed by atoms with Crippen LogP contribution in [0.3, 0.4) is 0 Å². The molecule has 0 saturated heterocycles. The van der Waals surface area contributed by atoms with E-state index >= 15 is 0 Å². The summed E-state index contributed by atoms with van der Waals surface area (Å²) in [4.78, 5) is 15.1. The second-order valence-corrected chi connectivity index (χ2v) is 5.54. The van der Waals surface area contributed by atoms with Gasteiger partial charge in [0.1, 0.15) is 12.0 Å². The Morgan fingerprint density at radius 1 is 1.53 bits per heavy atom. The van der Waals surface area contributed by atoms with E-state index in [4.69, 9.17) is 0 Å². The topological polar surface area (TPSA) is 47.3 Å². The fourth-order valence-electron chi connectivity index (χ4n) is 2.93. The summed E-state index contributed by atoms with van der Waals surface area (Å²) < 4.78 is 26.8. The highest BCUT2D eigenvalue weighted by Crippen LogP contribution is 2.46. The fourth-order valence-corrected chi connectivity index (χ4v) is 2.93. The second kappa shape index (κ2) is 3.82. The molecule has 100 valence electrons. The number of alkyl halides is 2. The molecule has 0 amide bonds. The molecule has 1 atom stereocenters. The van der Waals surface area contributed by atoms with E-state index in [1.165, 1.54) is 10.7 Å². The van der Waals surface area contributed by atoms with E-state index < -0.39 is 6.43 Å². The number of aldehydes is 1. The number of imidazole rings is 1. The first-order chi connectivity index (χ1) is 8.94. The minimum absolute atomic E-state index is 0.228. The zero-order valence-electron chi connectivity index (χ0n) is 10.6. The Balaban J connectivity index is 2.31. The molecular weight excluding hydrogens is 252 g/mol. The summed E-state index contributed by atoms with van der Waals surface area (Å²) in [5.41, 5.74) is 1.54. The van der Waals surface area contributed by atoms with Crippen molar-refractivity contribution < 1.29 is 13.6 Å². The minimum atomic E-state index is -2.62. The molecule has 0 unspecified atom stereocenters. The van der Waals surface area contributed by atoms with Crippen LogP contribution in [0, 0.1) is 0 Å². The Kier molecular flexibility index (Phi) is 2.45.